The highest BCUT2D eigenvalue weighted by Crippen LogP contribution is 2.36. The van der Waals surface area contributed by atoms with Crippen molar-refractivity contribution >= 4 is 16.3 Å². The number of hydrogen-bond donors (Lipinski definition) is 2. The Morgan fingerprint density at radius 2 is 2.00 bits per heavy atom. The Balaban J connectivity index is 1.62. The van der Waals surface area contributed by atoms with Crippen molar-refractivity contribution in [2.24, 2.45) is 0 Å². The van der Waals surface area contributed by atoms with Gasteiger partial charge in [-0.25, -0.2) is 4.39 Å². The fourth-order valence-corrected chi connectivity index (χ4v) is 4.76. The quantitative estimate of drug-likeness (QED) is 0.546. The number of ether oxygens (including phenoxy) is 1. The van der Waals surface area contributed by atoms with Gasteiger partial charge in [0, 0.05) is 0 Å². The number of nitrogens with one attached hydrogen (secondary N) is 1. The number of nitrogens with zero attached hydrogens (tertiary/aromatic N) is 3. The lowest BCUT2D eigenvalue weighted by Crippen LogP contribution is -3.14. The number of aromatic hydroxyl groups is 1. The number of rotatable bonds is 4. The molecular formula is C19H18FN4O3S+. The topological polar surface area (TPSA) is 77.2 Å². The van der Waals surface area contributed by atoms with Gasteiger partial charge >= 0.3 is 0 Å². The van der Waals surface area contributed by atoms with Crippen LogP contribution < -0.4 is 4.90 Å². The number of fused-ring (bicyclic) bond motifs is 1. The highest BCUT2D eigenvalue weighted by Gasteiger charge is 2.35. The molecule has 3 aromatic heterocycles. The molecule has 144 valence electrons. The van der Waals surface area contributed by atoms with Crippen molar-refractivity contribution in [2.45, 2.75) is 6.04 Å². The number of hydrogen-bond acceptors (Lipinski definition) is 6. The number of thiazole rings is 1. The number of morpholine rings is 1. The van der Waals surface area contributed by atoms with Gasteiger partial charge in [0.15, 0.2) is 11.8 Å². The van der Waals surface area contributed by atoms with Crippen molar-refractivity contribution in [2.75, 3.05) is 26.3 Å². The SMILES string of the molecule is Oc1c([C@@H](c2ccccc2F)[NH+]2CCOCC2)sc2nc(-c3ccco3)nn12. The van der Waals surface area contributed by atoms with E-state index in [2.05, 4.69) is 10.1 Å². The monoisotopic (exact) mass is 401 g/mol. The summed E-state index contributed by atoms with van der Waals surface area (Å²) in [7, 11) is 0. The van der Waals surface area contributed by atoms with Crippen molar-refractivity contribution in [1.82, 2.24) is 14.6 Å². The van der Waals surface area contributed by atoms with E-state index in [1.54, 1.807) is 30.5 Å². The van der Waals surface area contributed by atoms with Crippen molar-refractivity contribution < 1.29 is 23.6 Å². The van der Waals surface area contributed by atoms with E-state index >= 15 is 0 Å². The molecule has 4 aromatic rings. The van der Waals surface area contributed by atoms with E-state index in [0.29, 0.717) is 40.2 Å². The summed E-state index contributed by atoms with van der Waals surface area (Å²) in [4.78, 5) is 6.79. The van der Waals surface area contributed by atoms with E-state index in [9.17, 15) is 9.50 Å². The van der Waals surface area contributed by atoms with Crippen molar-refractivity contribution in [3.63, 3.8) is 0 Å². The van der Waals surface area contributed by atoms with Crippen LogP contribution in [0.15, 0.2) is 47.1 Å². The second-order valence-electron chi connectivity index (χ2n) is 6.62. The van der Waals surface area contributed by atoms with Crippen LogP contribution in [0.1, 0.15) is 16.5 Å². The number of aromatic nitrogens is 3. The lowest BCUT2D eigenvalue weighted by molar-refractivity contribution is -0.932. The summed E-state index contributed by atoms with van der Waals surface area (Å²) < 4.78 is 26.9. The Morgan fingerprint density at radius 3 is 2.71 bits per heavy atom. The van der Waals surface area contributed by atoms with E-state index in [4.69, 9.17) is 9.15 Å². The summed E-state index contributed by atoms with van der Waals surface area (Å²) in [5.74, 6) is 0.624. The molecule has 1 saturated heterocycles. The molecule has 2 N–H and O–H groups in total. The normalized spacial score (nSPS) is 16.6. The maximum absolute atomic E-state index is 14.7. The van der Waals surface area contributed by atoms with Crippen LogP contribution in [-0.4, -0.2) is 46.0 Å². The van der Waals surface area contributed by atoms with Crippen LogP contribution in [0.2, 0.25) is 0 Å². The molecule has 7 nitrogen and oxygen atoms in total. The summed E-state index contributed by atoms with van der Waals surface area (Å²) in [5, 5.41) is 15.3. The molecule has 1 aliphatic heterocycles. The molecular weight excluding hydrogens is 383 g/mol. The Morgan fingerprint density at radius 1 is 1.18 bits per heavy atom. The van der Waals surface area contributed by atoms with Gasteiger partial charge in [0.1, 0.15) is 23.8 Å². The van der Waals surface area contributed by atoms with Gasteiger partial charge in [-0.15, -0.1) is 5.10 Å². The smallest absolute Gasteiger partial charge is 0.235 e. The molecule has 0 aliphatic carbocycles. The molecule has 28 heavy (non-hydrogen) atoms. The van der Waals surface area contributed by atoms with Gasteiger partial charge in [-0.2, -0.15) is 9.50 Å². The van der Waals surface area contributed by atoms with Gasteiger partial charge in [-0.1, -0.05) is 23.5 Å². The first-order valence-electron chi connectivity index (χ1n) is 9.01. The minimum atomic E-state index is -0.356. The number of furan rings is 1. The molecule has 4 heterocycles. The zero-order chi connectivity index (χ0) is 19.1. The van der Waals surface area contributed by atoms with Crippen molar-refractivity contribution in [3.8, 4) is 17.5 Å². The molecule has 1 aromatic carbocycles. The number of quaternary nitrogens is 1. The molecule has 1 fully saturated rings. The lowest BCUT2D eigenvalue weighted by atomic mass is 10.0. The third kappa shape index (κ3) is 2.88. The maximum atomic E-state index is 14.7. The fourth-order valence-electron chi connectivity index (χ4n) is 3.63. The Bertz CT molecular complexity index is 1100. The fraction of sp³-hybridized carbons (Fsp3) is 0.263. The number of halogens is 1. The Kier molecular flexibility index (Phi) is 4.34. The van der Waals surface area contributed by atoms with E-state index in [-0.39, 0.29) is 17.7 Å². The second kappa shape index (κ2) is 7.01. The molecule has 0 amide bonds. The predicted octanol–water partition coefficient (Wildman–Crippen LogP) is 1.90. The zero-order valence-electron chi connectivity index (χ0n) is 14.8. The van der Waals surface area contributed by atoms with Crippen LogP contribution in [0.25, 0.3) is 16.5 Å². The molecule has 0 saturated carbocycles. The molecule has 1 aliphatic rings. The summed E-state index contributed by atoms with van der Waals surface area (Å²) in [6.45, 7) is 2.66. The summed E-state index contributed by atoms with van der Waals surface area (Å²) in [5.41, 5.74) is 0.547. The standard InChI is InChI=1S/C19H17FN4O3S/c20-13-5-2-1-4-12(13)15(23-7-10-26-11-8-23)16-18(25)24-19(28-16)21-17(22-24)14-6-3-9-27-14/h1-6,9,15,25H,7-8,10-11H2/p+1/t15-/m1/s1. The molecule has 9 heteroatoms. The predicted molar refractivity (Wildman–Crippen MR) is 100.0 cm³/mol. The maximum Gasteiger partial charge on any atom is 0.235 e. The van der Waals surface area contributed by atoms with E-state index in [1.807, 2.05) is 6.07 Å². The molecule has 0 spiro atoms. The first kappa shape index (κ1) is 17.4. The van der Waals surface area contributed by atoms with Gasteiger partial charge in [0.05, 0.1) is 25.0 Å². The third-order valence-corrected chi connectivity index (χ3v) is 6.05. The Labute approximate surface area is 163 Å². The molecule has 0 radical (unpaired) electrons. The van der Waals surface area contributed by atoms with Crippen LogP contribution in [0.5, 0.6) is 5.88 Å². The molecule has 0 bridgehead atoms. The van der Waals surface area contributed by atoms with Gasteiger partial charge in [-0.3, -0.25) is 0 Å². The van der Waals surface area contributed by atoms with Gasteiger partial charge in [-0.05, 0) is 24.3 Å². The summed E-state index contributed by atoms with van der Waals surface area (Å²) in [6.07, 6.45) is 1.55. The van der Waals surface area contributed by atoms with Crippen LogP contribution in [0.4, 0.5) is 4.39 Å². The van der Waals surface area contributed by atoms with E-state index in [1.165, 1.54) is 21.9 Å². The zero-order valence-corrected chi connectivity index (χ0v) is 15.7. The highest BCUT2D eigenvalue weighted by molar-refractivity contribution is 7.17. The van der Waals surface area contributed by atoms with Crippen LogP contribution >= 0.6 is 11.3 Å². The molecule has 1 atom stereocenters. The largest absolute Gasteiger partial charge is 0.492 e. The first-order valence-corrected chi connectivity index (χ1v) is 9.83. The third-order valence-electron chi connectivity index (χ3n) is 4.96. The van der Waals surface area contributed by atoms with Crippen LogP contribution in [0.3, 0.4) is 0 Å². The van der Waals surface area contributed by atoms with E-state index in [0.717, 1.165) is 18.0 Å². The van der Waals surface area contributed by atoms with Crippen LogP contribution in [-0.2, 0) is 4.74 Å². The molecule has 5 rings (SSSR count). The minimum absolute atomic E-state index is 0.0162. The summed E-state index contributed by atoms with van der Waals surface area (Å²) >= 11 is 1.32. The van der Waals surface area contributed by atoms with Crippen LogP contribution in [0, 0.1) is 5.82 Å². The average Bonchev–Trinajstić information content (AvgIpc) is 3.43. The highest BCUT2D eigenvalue weighted by atomic mass is 32.1. The Hall–Kier alpha value is -2.75. The van der Waals surface area contributed by atoms with Gasteiger partial charge in [0.25, 0.3) is 0 Å². The number of benzene rings is 1. The van der Waals surface area contributed by atoms with Gasteiger partial charge < -0.3 is 19.2 Å². The average molecular weight is 401 g/mol. The minimum Gasteiger partial charge on any atom is -0.492 e. The first-order chi connectivity index (χ1) is 13.7. The molecule has 0 unspecified atom stereocenters. The van der Waals surface area contributed by atoms with Crippen molar-refractivity contribution in [3.05, 3.63) is 58.9 Å². The lowest BCUT2D eigenvalue weighted by Gasteiger charge is -2.31. The van der Waals surface area contributed by atoms with E-state index < -0.39 is 0 Å². The summed E-state index contributed by atoms with van der Waals surface area (Å²) in [6, 6.07) is 9.86. The second-order valence-corrected chi connectivity index (χ2v) is 7.63. The van der Waals surface area contributed by atoms with Crippen molar-refractivity contribution in [1.29, 1.82) is 0 Å². The van der Waals surface area contributed by atoms with Gasteiger partial charge in [0.2, 0.25) is 16.7 Å².